The van der Waals surface area contributed by atoms with Gasteiger partial charge in [-0.25, -0.2) is 13.8 Å². The van der Waals surface area contributed by atoms with Gasteiger partial charge in [-0.15, -0.1) is 11.3 Å². The van der Waals surface area contributed by atoms with Crippen molar-refractivity contribution < 1.29 is 18.4 Å². The molecule has 5 nitrogen and oxygen atoms in total. The monoisotopic (exact) mass is 393 g/mol. The molecule has 0 bridgehead atoms. The van der Waals surface area contributed by atoms with Crippen LogP contribution in [-0.2, 0) is 11.2 Å². The highest BCUT2D eigenvalue weighted by atomic mass is 32.1. The normalized spacial score (nSPS) is 15.0. The highest BCUT2D eigenvalue weighted by Crippen LogP contribution is 2.31. The van der Waals surface area contributed by atoms with Crippen molar-refractivity contribution in [1.82, 2.24) is 15.2 Å². The lowest BCUT2D eigenvalue weighted by atomic mass is 9.97. The molecule has 0 spiro atoms. The quantitative estimate of drug-likeness (QED) is 0.849. The molecule has 2 heterocycles. The molecule has 2 amide bonds. The fourth-order valence-electron chi connectivity index (χ4n) is 3.15. The lowest BCUT2D eigenvalue weighted by Gasteiger charge is -2.31. The molecule has 144 valence electrons. The van der Waals surface area contributed by atoms with Crippen LogP contribution < -0.4 is 5.32 Å². The Morgan fingerprint density at radius 3 is 2.74 bits per heavy atom. The number of hydrogen-bond donors (Lipinski definition) is 1. The van der Waals surface area contributed by atoms with E-state index in [9.17, 15) is 18.4 Å². The lowest BCUT2D eigenvalue weighted by Crippen LogP contribution is -2.38. The van der Waals surface area contributed by atoms with E-state index in [0.717, 1.165) is 41.7 Å². The van der Waals surface area contributed by atoms with Gasteiger partial charge in [0.1, 0.15) is 11.6 Å². The molecule has 1 aliphatic heterocycles. The first-order valence-electron chi connectivity index (χ1n) is 8.87. The fraction of sp³-hybridized carbons (Fsp3) is 0.421. The summed E-state index contributed by atoms with van der Waals surface area (Å²) in [6.45, 7) is 3.02. The summed E-state index contributed by atoms with van der Waals surface area (Å²) in [5, 5.41) is 5.77. The van der Waals surface area contributed by atoms with Crippen molar-refractivity contribution in [2.24, 2.45) is 0 Å². The molecule has 27 heavy (non-hydrogen) atoms. The number of carbonyl (C=O) groups is 2. The number of nitrogens with zero attached hydrogens (tertiary/aromatic N) is 2. The number of likely N-dealkylation sites (tertiary alicyclic amines) is 1. The summed E-state index contributed by atoms with van der Waals surface area (Å²) < 4.78 is 27.1. The summed E-state index contributed by atoms with van der Waals surface area (Å²) in [6.07, 6.45) is 2.16. The van der Waals surface area contributed by atoms with Crippen molar-refractivity contribution in [3.63, 3.8) is 0 Å². The highest BCUT2D eigenvalue weighted by Gasteiger charge is 2.27. The summed E-state index contributed by atoms with van der Waals surface area (Å²) in [4.78, 5) is 29.6. The van der Waals surface area contributed by atoms with Gasteiger partial charge in [0.15, 0.2) is 0 Å². The van der Waals surface area contributed by atoms with Crippen LogP contribution in [0.5, 0.6) is 0 Å². The van der Waals surface area contributed by atoms with Gasteiger partial charge in [0, 0.05) is 44.3 Å². The Labute approximate surface area is 160 Å². The Morgan fingerprint density at radius 2 is 2.04 bits per heavy atom. The molecule has 0 radical (unpaired) electrons. The van der Waals surface area contributed by atoms with Crippen LogP contribution in [0.4, 0.5) is 8.78 Å². The average molecular weight is 393 g/mol. The third kappa shape index (κ3) is 4.88. The van der Waals surface area contributed by atoms with Gasteiger partial charge in [0.25, 0.3) is 5.91 Å². The van der Waals surface area contributed by atoms with Crippen LogP contribution in [0.2, 0.25) is 0 Å². The van der Waals surface area contributed by atoms with Crippen molar-refractivity contribution >= 4 is 23.2 Å². The summed E-state index contributed by atoms with van der Waals surface area (Å²) in [5.41, 5.74) is 0.729. The zero-order chi connectivity index (χ0) is 19.4. The summed E-state index contributed by atoms with van der Waals surface area (Å²) in [7, 11) is 0. The molecule has 1 aromatic carbocycles. The van der Waals surface area contributed by atoms with E-state index in [1.807, 2.05) is 5.38 Å². The summed E-state index contributed by atoms with van der Waals surface area (Å²) in [5.74, 6) is -1.60. The summed E-state index contributed by atoms with van der Waals surface area (Å²) in [6, 6.07) is 2.93. The van der Waals surface area contributed by atoms with Gasteiger partial charge in [-0.2, -0.15) is 0 Å². The Kier molecular flexibility index (Phi) is 6.15. The van der Waals surface area contributed by atoms with Gasteiger partial charge in [-0.1, -0.05) is 0 Å². The first-order valence-corrected chi connectivity index (χ1v) is 9.75. The molecule has 1 aliphatic rings. The van der Waals surface area contributed by atoms with E-state index in [2.05, 4.69) is 10.3 Å². The number of amides is 2. The predicted octanol–water partition coefficient (Wildman–Crippen LogP) is 3.12. The molecule has 0 atom stereocenters. The van der Waals surface area contributed by atoms with Crippen LogP contribution in [0.15, 0.2) is 23.6 Å². The minimum atomic E-state index is -0.702. The first kappa shape index (κ1) is 19.4. The van der Waals surface area contributed by atoms with Crippen molar-refractivity contribution in [2.75, 3.05) is 19.6 Å². The first-order chi connectivity index (χ1) is 12.9. The molecular formula is C19H21F2N3O2S. The minimum Gasteiger partial charge on any atom is -0.356 e. The van der Waals surface area contributed by atoms with Crippen molar-refractivity contribution in [3.8, 4) is 0 Å². The standard InChI is InChI=1S/C19H21F2N3O2S/c1-12(25)22-7-4-15-11-27-18(23-15)13-5-8-24(9-6-13)19(26)16-10-14(20)2-3-17(16)21/h2-3,10-11,13H,4-9H2,1H3,(H,22,25). The molecule has 3 rings (SSSR count). The number of hydrogen-bond acceptors (Lipinski definition) is 4. The van der Waals surface area contributed by atoms with Gasteiger partial charge in [0.05, 0.1) is 16.3 Å². The molecule has 1 aromatic heterocycles. The highest BCUT2D eigenvalue weighted by molar-refractivity contribution is 7.09. The minimum absolute atomic E-state index is 0.0581. The molecule has 0 unspecified atom stereocenters. The number of piperidine rings is 1. The fourth-order valence-corrected chi connectivity index (χ4v) is 4.18. The van der Waals surface area contributed by atoms with Crippen LogP contribution in [-0.4, -0.2) is 41.3 Å². The Morgan fingerprint density at radius 1 is 1.30 bits per heavy atom. The topological polar surface area (TPSA) is 62.3 Å². The van der Waals surface area contributed by atoms with E-state index in [4.69, 9.17) is 0 Å². The molecule has 1 N–H and O–H groups in total. The number of rotatable bonds is 5. The van der Waals surface area contributed by atoms with E-state index in [0.29, 0.717) is 26.1 Å². The van der Waals surface area contributed by atoms with E-state index >= 15 is 0 Å². The third-order valence-corrected chi connectivity index (χ3v) is 5.67. The molecule has 1 saturated heterocycles. The van der Waals surface area contributed by atoms with Crippen molar-refractivity contribution in [1.29, 1.82) is 0 Å². The number of nitrogens with one attached hydrogen (secondary N) is 1. The maximum atomic E-state index is 13.8. The summed E-state index contributed by atoms with van der Waals surface area (Å²) >= 11 is 1.59. The Bertz CT molecular complexity index is 832. The second-order valence-electron chi connectivity index (χ2n) is 6.60. The van der Waals surface area contributed by atoms with Crippen LogP contribution in [0, 0.1) is 11.6 Å². The number of halogens is 2. The molecule has 0 aliphatic carbocycles. The third-order valence-electron chi connectivity index (χ3n) is 4.61. The average Bonchev–Trinajstić information content (AvgIpc) is 3.12. The smallest absolute Gasteiger partial charge is 0.256 e. The van der Waals surface area contributed by atoms with Crippen LogP contribution in [0.1, 0.15) is 46.7 Å². The predicted molar refractivity (Wildman–Crippen MR) is 98.7 cm³/mol. The lowest BCUT2D eigenvalue weighted by molar-refractivity contribution is -0.118. The van der Waals surface area contributed by atoms with Gasteiger partial charge in [-0.05, 0) is 31.0 Å². The molecule has 2 aromatic rings. The molecular weight excluding hydrogens is 372 g/mol. The van der Waals surface area contributed by atoms with Crippen LogP contribution in [0.25, 0.3) is 0 Å². The van der Waals surface area contributed by atoms with Crippen molar-refractivity contribution in [3.05, 3.63) is 51.5 Å². The maximum Gasteiger partial charge on any atom is 0.256 e. The van der Waals surface area contributed by atoms with E-state index in [-0.39, 0.29) is 17.4 Å². The molecule has 1 fully saturated rings. The second-order valence-corrected chi connectivity index (χ2v) is 7.49. The number of carbonyl (C=O) groups excluding carboxylic acids is 2. The van der Waals surface area contributed by atoms with Gasteiger partial charge >= 0.3 is 0 Å². The van der Waals surface area contributed by atoms with Gasteiger partial charge in [0.2, 0.25) is 5.91 Å². The molecule has 0 saturated carbocycles. The largest absolute Gasteiger partial charge is 0.356 e. The zero-order valence-corrected chi connectivity index (χ0v) is 15.8. The van der Waals surface area contributed by atoms with E-state index in [1.165, 1.54) is 6.92 Å². The Balaban J connectivity index is 1.56. The van der Waals surface area contributed by atoms with Crippen molar-refractivity contribution in [2.45, 2.75) is 32.1 Å². The van der Waals surface area contributed by atoms with Crippen LogP contribution >= 0.6 is 11.3 Å². The van der Waals surface area contributed by atoms with Crippen LogP contribution in [0.3, 0.4) is 0 Å². The zero-order valence-electron chi connectivity index (χ0n) is 15.0. The van der Waals surface area contributed by atoms with Gasteiger partial charge in [-0.3, -0.25) is 9.59 Å². The number of thiazole rings is 1. The second kappa shape index (κ2) is 8.56. The van der Waals surface area contributed by atoms with E-state index in [1.54, 1.807) is 16.2 Å². The van der Waals surface area contributed by atoms with Gasteiger partial charge < -0.3 is 10.2 Å². The maximum absolute atomic E-state index is 13.8. The SMILES string of the molecule is CC(=O)NCCc1csc(C2CCN(C(=O)c3cc(F)ccc3F)CC2)n1. The Hall–Kier alpha value is -2.35. The van der Waals surface area contributed by atoms with E-state index < -0.39 is 17.5 Å². The molecule has 8 heteroatoms. The number of benzene rings is 1. The number of aromatic nitrogens is 1.